The molecule has 1 amide bonds. The molecule has 6 heteroatoms. The van der Waals surface area contributed by atoms with Crippen molar-refractivity contribution in [2.45, 2.75) is 32.4 Å². The zero-order valence-corrected chi connectivity index (χ0v) is 12.8. The molecule has 0 saturated carbocycles. The van der Waals surface area contributed by atoms with Gasteiger partial charge >= 0.3 is 0 Å². The molecule has 0 bridgehead atoms. The molecule has 3 heterocycles. The number of rotatable bonds is 2. The van der Waals surface area contributed by atoms with Crippen LogP contribution in [0.25, 0.3) is 0 Å². The third-order valence-electron chi connectivity index (χ3n) is 4.17. The molecule has 2 aliphatic heterocycles. The molecule has 1 atom stereocenters. The Morgan fingerprint density at radius 1 is 1.47 bits per heavy atom. The van der Waals surface area contributed by atoms with Crippen LogP contribution in [0.15, 0.2) is 10.7 Å². The molecule has 0 spiro atoms. The average molecular weight is 327 g/mol. The Bertz CT molecular complexity index is 487. The average Bonchev–Trinajstić information content (AvgIpc) is 3.02. The first-order chi connectivity index (χ1) is 9.20. The standard InChI is InChI=1S/C13H19BrN4O/c1-2-18-12(11(14)8-15-18)13(19)17-7-6-16-5-3-4-10(16)9-17/h8,10H,2-7,9H2,1H3. The molecule has 19 heavy (non-hydrogen) atoms. The first kappa shape index (κ1) is 13.1. The number of halogens is 1. The summed E-state index contributed by atoms with van der Waals surface area (Å²) in [7, 11) is 0. The number of hydrogen-bond acceptors (Lipinski definition) is 3. The summed E-state index contributed by atoms with van der Waals surface area (Å²) < 4.78 is 2.57. The number of aromatic nitrogens is 2. The summed E-state index contributed by atoms with van der Waals surface area (Å²) in [6.45, 7) is 6.62. The lowest BCUT2D eigenvalue weighted by Gasteiger charge is -2.37. The highest BCUT2D eigenvalue weighted by Gasteiger charge is 2.34. The fourth-order valence-corrected chi connectivity index (χ4v) is 3.61. The van der Waals surface area contributed by atoms with Gasteiger partial charge in [0.25, 0.3) is 5.91 Å². The molecule has 2 saturated heterocycles. The fraction of sp³-hybridized carbons (Fsp3) is 0.692. The van der Waals surface area contributed by atoms with Gasteiger partial charge in [0.1, 0.15) is 5.69 Å². The van der Waals surface area contributed by atoms with Crippen molar-refractivity contribution in [3.05, 3.63) is 16.4 Å². The van der Waals surface area contributed by atoms with E-state index < -0.39 is 0 Å². The largest absolute Gasteiger partial charge is 0.334 e. The highest BCUT2D eigenvalue weighted by atomic mass is 79.9. The van der Waals surface area contributed by atoms with Crippen LogP contribution in [0, 0.1) is 0 Å². The van der Waals surface area contributed by atoms with E-state index >= 15 is 0 Å². The van der Waals surface area contributed by atoms with Crippen LogP contribution in [0.3, 0.4) is 0 Å². The van der Waals surface area contributed by atoms with Crippen molar-refractivity contribution in [1.82, 2.24) is 19.6 Å². The molecule has 1 aromatic rings. The Morgan fingerprint density at radius 2 is 2.32 bits per heavy atom. The van der Waals surface area contributed by atoms with Crippen molar-refractivity contribution >= 4 is 21.8 Å². The number of piperazine rings is 1. The van der Waals surface area contributed by atoms with E-state index in [1.165, 1.54) is 19.4 Å². The molecule has 2 fully saturated rings. The minimum absolute atomic E-state index is 0.109. The number of amides is 1. The van der Waals surface area contributed by atoms with E-state index in [0.717, 1.165) is 30.7 Å². The predicted molar refractivity (Wildman–Crippen MR) is 76.1 cm³/mol. The number of nitrogens with zero attached hydrogens (tertiary/aromatic N) is 4. The molecule has 5 nitrogen and oxygen atoms in total. The molecule has 0 N–H and O–H groups in total. The minimum atomic E-state index is 0.109. The zero-order valence-electron chi connectivity index (χ0n) is 11.2. The van der Waals surface area contributed by atoms with Crippen molar-refractivity contribution in [1.29, 1.82) is 0 Å². The monoisotopic (exact) mass is 326 g/mol. The Balaban J connectivity index is 1.78. The van der Waals surface area contributed by atoms with Crippen LogP contribution in [0.2, 0.25) is 0 Å². The van der Waals surface area contributed by atoms with E-state index in [9.17, 15) is 4.79 Å². The smallest absolute Gasteiger partial charge is 0.273 e. The van der Waals surface area contributed by atoms with Crippen LogP contribution >= 0.6 is 15.9 Å². The highest BCUT2D eigenvalue weighted by molar-refractivity contribution is 9.10. The van der Waals surface area contributed by atoms with Gasteiger partial charge in [-0.15, -0.1) is 0 Å². The van der Waals surface area contributed by atoms with Crippen LogP contribution < -0.4 is 0 Å². The van der Waals surface area contributed by atoms with Crippen molar-refractivity contribution in [2.24, 2.45) is 0 Å². The van der Waals surface area contributed by atoms with E-state index in [1.807, 2.05) is 11.8 Å². The third kappa shape index (κ3) is 2.31. The molecular weight excluding hydrogens is 308 g/mol. The van der Waals surface area contributed by atoms with E-state index in [0.29, 0.717) is 11.7 Å². The normalized spacial score (nSPS) is 23.7. The van der Waals surface area contributed by atoms with Gasteiger partial charge in [0.2, 0.25) is 0 Å². The van der Waals surface area contributed by atoms with Gasteiger partial charge in [0.15, 0.2) is 0 Å². The third-order valence-corrected chi connectivity index (χ3v) is 4.75. The minimum Gasteiger partial charge on any atom is -0.334 e. The maximum Gasteiger partial charge on any atom is 0.273 e. The topological polar surface area (TPSA) is 41.4 Å². The van der Waals surface area contributed by atoms with Crippen molar-refractivity contribution < 1.29 is 4.79 Å². The maximum atomic E-state index is 12.7. The molecule has 2 aliphatic rings. The number of fused-ring (bicyclic) bond motifs is 1. The highest BCUT2D eigenvalue weighted by Crippen LogP contribution is 2.24. The molecule has 1 unspecified atom stereocenters. The number of aryl methyl sites for hydroxylation is 1. The van der Waals surface area contributed by atoms with Crippen LogP contribution in [0.5, 0.6) is 0 Å². The van der Waals surface area contributed by atoms with Gasteiger partial charge in [-0.25, -0.2) is 0 Å². The Morgan fingerprint density at radius 3 is 3.11 bits per heavy atom. The second-order valence-corrected chi connectivity index (χ2v) is 6.09. The lowest BCUT2D eigenvalue weighted by molar-refractivity contribution is 0.0559. The molecule has 0 radical (unpaired) electrons. The second-order valence-electron chi connectivity index (χ2n) is 5.24. The van der Waals surface area contributed by atoms with Gasteiger partial charge in [-0.1, -0.05) is 0 Å². The van der Waals surface area contributed by atoms with Crippen LogP contribution in [-0.4, -0.2) is 57.7 Å². The van der Waals surface area contributed by atoms with Crippen molar-refractivity contribution in [3.63, 3.8) is 0 Å². The van der Waals surface area contributed by atoms with Gasteiger partial charge in [-0.05, 0) is 42.2 Å². The van der Waals surface area contributed by atoms with Gasteiger partial charge in [-0.3, -0.25) is 14.4 Å². The van der Waals surface area contributed by atoms with E-state index in [2.05, 4.69) is 25.9 Å². The Labute approximate surface area is 121 Å². The fourth-order valence-electron chi connectivity index (χ4n) is 3.14. The summed E-state index contributed by atoms with van der Waals surface area (Å²) in [5.74, 6) is 0.109. The molecule has 1 aromatic heterocycles. The summed E-state index contributed by atoms with van der Waals surface area (Å²) in [6.07, 6.45) is 4.20. The summed E-state index contributed by atoms with van der Waals surface area (Å²) >= 11 is 3.44. The van der Waals surface area contributed by atoms with Gasteiger partial charge in [-0.2, -0.15) is 5.10 Å². The lowest BCUT2D eigenvalue weighted by Crippen LogP contribution is -2.52. The van der Waals surface area contributed by atoms with Gasteiger partial charge in [0.05, 0.1) is 10.7 Å². The zero-order chi connectivity index (χ0) is 13.4. The molecular formula is C13H19BrN4O. The summed E-state index contributed by atoms with van der Waals surface area (Å²) in [6, 6.07) is 0.564. The SMILES string of the molecule is CCn1ncc(Br)c1C(=O)N1CCN2CCCC2C1. The lowest BCUT2D eigenvalue weighted by atomic mass is 10.1. The summed E-state index contributed by atoms with van der Waals surface area (Å²) in [4.78, 5) is 17.2. The first-order valence-corrected chi connectivity index (χ1v) is 7.74. The quantitative estimate of drug-likeness (QED) is 0.828. The number of hydrogen-bond donors (Lipinski definition) is 0. The molecule has 3 rings (SSSR count). The maximum absolute atomic E-state index is 12.7. The predicted octanol–water partition coefficient (Wildman–Crippen LogP) is 1.59. The van der Waals surface area contributed by atoms with Crippen molar-refractivity contribution in [3.8, 4) is 0 Å². The Hall–Kier alpha value is -0.880. The summed E-state index contributed by atoms with van der Waals surface area (Å²) in [5.41, 5.74) is 0.689. The first-order valence-electron chi connectivity index (χ1n) is 6.95. The number of carbonyl (C=O) groups is 1. The number of carbonyl (C=O) groups excluding carboxylic acids is 1. The van der Waals surface area contributed by atoms with Gasteiger partial charge in [0, 0.05) is 32.2 Å². The molecule has 104 valence electrons. The van der Waals surface area contributed by atoms with Gasteiger partial charge < -0.3 is 4.90 Å². The summed E-state index contributed by atoms with van der Waals surface area (Å²) in [5, 5.41) is 4.23. The molecule has 0 aliphatic carbocycles. The van der Waals surface area contributed by atoms with E-state index in [4.69, 9.17) is 0 Å². The van der Waals surface area contributed by atoms with Crippen LogP contribution in [0.4, 0.5) is 0 Å². The van der Waals surface area contributed by atoms with E-state index in [-0.39, 0.29) is 5.91 Å². The van der Waals surface area contributed by atoms with Crippen LogP contribution in [-0.2, 0) is 6.54 Å². The second kappa shape index (κ2) is 5.25. The Kier molecular flexibility index (Phi) is 3.62. The van der Waals surface area contributed by atoms with Crippen molar-refractivity contribution in [2.75, 3.05) is 26.2 Å². The molecule has 0 aromatic carbocycles. The van der Waals surface area contributed by atoms with Crippen LogP contribution in [0.1, 0.15) is 30.3 Å². The van der Waals surface area contributed by atoms with E-state index in [1.54, 1.807) is 10.9 Å².